The highest BCUT2D eigenvalue weighted by molar-refractivity contribution is 5.89. The number of rotatable bonds is 7. The van der Waals surface area contributed by atoms with E-state index in [0.717, 1.165) is 16.7 Å². The van der Waals surface area contributed by atoms with Crippen molar-refractivity contribution < 1.29 is 37.7 Å². The van der Waals surface area contributed by atoms with Crippen LogP contribution in [-0.4, -0.2) is 41.0 Å². The Morgan fingerprint density at radius 3 is 2.47 bits per heavy atom. The summed E-state index contributed by atoms with van der Waals surface area (Å²) in [5.74, 6) is -1.56. The van der Waals surface area contributed by atoms with Crippen molar-refractivity contribution in [2.75, 3.05) is 7.11 Å². The molecule has 2 fully saturated rings. The predicted octanol–water partition coefficient (Wildman–Crippen LogP) is 8.70. The van der Waals surface area contributed by atoms with Gasteiger partial charge in [0.25, 0.3) is 0 Å². The minimum Gasteiger partial charge on any atom is -0.482 e. The normalized spacial score (nSPS) is 29.2. The number of carbonyl (C=O) groups is 1. The van der Waals surface area contributed by atoms with Crippen molar-refractivity contribution in [3.63, 3.8) is 0 Å². The Kier molecular flexibility index (Phi) is 11.0. The summed E-state index contributed by atoms with van der Waals surface area (Å²) in [5, 5.41) is 12.3. The van der Waals surface area contributed by atoms with E-state index in [1.54, 1.807) is 37.7 Å². The summed E-state index contributed by atoms with van der Waals surface area (Å²) < 4.78 is 45.3. The fraction of sp³-hybridized carbons (Fsp3) is 0.465. The highest BCUT2D eigenvalue weighted by Crippen LogP contribution is 2.65. The first-order valence-corrected chi connectivity index (χ1v) is 18.5. The van der Waals surface area contributed by atoms with E-state index >= 15 is 0 Å². The van der Waals surface area contributed by atoms with Crippen molar-refractivity contribution in [1.29, 1.82) is 0 Å². The third-order valence-electron chi connectivity index (χ3n) is 11.8. The summed E-state index contributed by atoms with van der Waals surface area (Å²) in [4.78, 5) is 31.5. The van der Waals surface area contributed by atoms with Crippen molar-refractivity contribution in [1.82, 2.24) is 4.98 Å². The fourth-order valence-electron chi connectivity index (χ4n) is 9.29. The first kappa shape index (κ1) is 38.3. The molecule has 1 aliphatic heterocycles. The van der Waals surface area contributed by atoms with Crippen LogP contribution >= 0.6 is 0 Å². The van der Waals surface area contributed by atoms with Crippen molar-refractivity contribution in [3.8, 4) is 17.1 Å². The zero-order valence-corrected chi connectivity index (χ0v) is 31.7. The number of pyridine rings is 1. The lowest BCUT2D eigenvalue weighted by atomic mass is 9.46. The summed E-state index contributed by atoms with van der Waals surface area (Å²) >= 11 is 0. The van der Waals surface area contributed by atoms with E-state index in [1.807, 2.05) is 46.8 Å². The van der Waals surface area contributed by atoms with E-state index in [4.69, 9.17) is 23.4 Å². The molecule has 3 heterocycles. The van der Waals surface area contributed by atoms with E-state index in [-0.39, 0.29) is 40.6 Å². The van der Waals surface area contributed by atoms with Crippen LogP contribution in [-0.2, 0) is 14.2 Å². The van der Waals surface area contributed by atoms with Crippen LogP contribution in [0, 0.1) is 42.8 Å². The Hall–Kier alpha value is -4.38. The number of aliphatic hydroxyl groups is 1. The molecule has 9 nitrogen and oxygen atoms in total. The molecule has 9 unspecified atom stereocenters. The van der Waals surface area contributed by atoms with E-state index < -0.39 is 52.8 Å². The van der Waals surface area contributed by atoms with E-state index in [2.05, 4.69) is 24.9 Å². The molecule has 4 aromatic rings. The van der Waals surface area contributed by atoms with Crippen LogP contribution in [0.5, 0.6) is 5.75 Å². The molecule has 0 spiro atoms. The number of aromatic nitrogens is 1. The maximum Gasteiger partial charge on any atom is 0.345 e. The largest absolute Gasteiger partial charge is 0.482 e. The number of esters is 1. The number of aryl methyl sites for hydroxylation is 2. The van der Waals surface area contributed by atoms with Gasteiger partial charge in [0.05, 0.1) is 17.8 Å². The summed E-state index contributed by atoms with van der Waals surface area (Å²) in [6.07, 6.45) is 1.96. The second kappa shape index (κ2) is 15.2. The van der Waals surface area contributed by atoms with Crippen LogP contribution in [0.4, 0.5) is 4.39 Å². The van der Waals surface area contributed by atoms with Gasteiger partial charge in [-0.2, -0.15) is 0 Å². The van der Waals surface area contributed by atoms with Gasteiger partial charge in [-0.15, -0.1) is 0 Å². The third-order valence-corrected chi connectivity index (χ3v) is 11.8. The number of hydrogen-bond acceptors (Lipinski definition) is 9. The molecule has 1 N–H and O–H groups in total. The summed E-state index contributed by atoms with van der Waals surface area (Å²) in [6, 6.07) is 16.4. The zero-order valence-electron chi connectivity index (χ0n) is 31.7. The van der Waals surface area contributed by atoms with Crippen molar-refractivity contribution in [2.45, 2.75) is 97.9 Å². The van der Waals surface area contributed by atoms with Crippen LogP contribution in [0.15, 0.2) is 82.3 Å². The van der Waals surface area contributed by atoms with Crippen molar-refractivity contribution in [2.24, 2.45) is 23.2 Å². The fourth-order valence-corrected chi connectivity index (χ4v) is 9.29. The molecule has 3 aliphatic rings. The molecule has 2 saturated carbocycles. The molecule has 0 bridgehead atoms. The molecular formula is C43H50FNO8. The molecule has 0 radical (unpaired) electrons. The molecule has 2 aromatic heterocycles. The molecule has 2 aromatic carbocycles. The van der Waals surface area contributed by atoms with Gasteiger partial charge in [0.2, 0.25) is 0 Å². The lowest BCUT2D eigenvalue weighted by Crippen LogP contribution is -2.69. The Balaban J connectivity index is 0.00000236. The van der Waals surface area contributed by atoms with Crippen LogP contribution in [0.25, 0.3) is 11.3 Å². The molecular weight excluding hydrogens is 677 g/mol. The van der Waals surface area contributed by atoms with Gasteiger partial charge in [0.1, 0.15) is 34.6 Å². The first-order valence-electron chi connectivity index (χ1n) is 18.5. The SMILES string of the molecule is CC.COC(OC1CCC2(C)C(CC(OC(=O)c3ccc(F)cc3)C3(C)Oc4cc(-c5cccnc5)oc(=O)c4C(O)C23)C1C)c1ccc(C)cc1C. The van der Waals surface area contributed by atoms with Crippen LogP contribution in [0.2, 0.25) is 0 Å². The number of benzene rings is 2. The lowest BCUT2D eigenvalue weighted by molar-refractivity contribution is -0.258. The number of carbonyl (C=O) groups excluding carboxylic acids is 1. The van der Waals surface area contributed by atoms with Crippen molar-refractivity contribution in [3.05, 3.63) is 117 Å². The van der Waals surface area contributed by atoms with Gasteiger partial charge < -0.3 is 28.5 Å². The summed E-state index contributed by atoms with van der Waals surface area (Å²) in [6.45, 7) is 14.2. The van der Waals surface area contributed by atoms with E-state index in [9.17, 15) is 19.1 Å². The van der Waals surface area contributed by atoms with Gasteiger partial charge in [0, 0.05) is 42.6 Å². The number of fused-ring (bicyclic) bond motifs is 4. The quantitative estimate of drug-likeness (QED) is 0.147. The van der Waals surface area contributed by atoms with Gasteiger partial charge in [-0.1, -0.05) is 51.5 Å². The van der Waals surface area contributed by atoms with Crippen LogP contribution in [0.3, 0.4) is 0 Å². The Bertz CT molecular complexity index is 1980. The second-order valence-electron chi connectivity index (χ2n) is 14.9. The minimum atomic E-state index is -1.29. The van der Waals surface area contributed by atoms with Gasteiger partial charge in [0.15, 0.2) is 6.29 Å². The minimum absolute atomic E-state index is 0.0379. The highest BCUT2D eigenvalue weighted by atomic mass is 19.1. The third kappa shape index (κ3) is 6.93. The number of ether oxygens (including phenoxy) is 4. The number of hydrogen-bond donors (Lipinski definition) is 1. The maximum absolute atomic E-state index is 13.8. The van der Waals surface area contributed by atoms with Gasteiger partial charge in [-0.3, -0.25) is 4.98 Å². The number of aliphatic hydroxyl groups excluding tert-OH is 1. The molecule has 7 rings (SSSR count). The monoisotopic (exact) mass is 727 g/mol. The van der Waals surface area contributed by atoms with E-state index in [1.165, 1.54) is 24.3 Å². The number of methoxy groups -OCH3 is 1. The van der Waals surface area contributed by atoms with Crippen molar-refractivity contribution >= 4 is 5.97 Å². The van der Waals surface area contributed by atoms with E-state index in [0.29, 0.717) is 24.8 Å². The number of nitrogens with zero attached hydrogens (tertiary/aromatic N) is 1. The van der Waals surface area contributed by atoms with Gasteiger partial charge in [-0.05, 0) is 99.2 Å². The van der Waals surface area contributed by atoms with Gasteiger partial charge >= 0.3 is 11.6 Å². The van der Waals surface area contributed by atoms with Gasteiger partial charge in [-0.25, -0.2) is 14.0 Å². The smallest absolute Gasteiger partial charge is 0.345 e. The second-order valence-corrected chi connectivity index (χ2v) is 14.9. The highest BCUT2D eigenvalue weighted by Gasteiger charge is 2.68. The zero-order chi connectivity index (χ0) is 38.2. The lowest BCUT2D eigenvalue weighted by Gasteiger charge is -2.64. The Labute approximate surface area is 310 Å². The molecule has 2 aliphatic carbocycles. The van der Waals surface area contributed by atoms with Crippen LogP contribution < -0.4 is 10.4 Å². The summed E-state index contributed by atoms with van der Waals surface area (Å²) in [5.41, 5.74) is 1.45. The predicted molar refractivity (Wildman–Crippen MR) is 198 cm³/mol. The molecule has 53 heavy (non-hydrogen) atoms. The first-order chi connectivity index (χ1) is 25.3. The van der Waals surface area contributed by atoms with Crippen LogP contribution in [0.1, 0.15) is 98.9 Å². The summed E-state index contributed by atoms with van der Waals surface area (Å²) in [7, 11) is 1.64. The molecule has 9 atom stereocenters. The average Bonchev–Trinajstić information content (AvgIpc) is 3.13. The average molecular weight is 728 g/mol. The molecule has 0 amide bonds. The molecule has 0 saturated heterocycles. The maximum atomic E-state index is 13.8. The Morgan fingerprint density at radius 2 is 1.81 bits per heavy atom. The molecule has 282 valence electrons. The Morgan fingerprint density at radius 1 is 1.08 bits per heavy atom. The standard InChI is InChI=1S/C41H44FNO8.C2H6/c1-22-9-14-28(23(2)18-22)39(47-6)49-30-15-16-40(4)29(24(30)3)19-33(50-37(45)25-10-12-27(42)13-11-25)41(5)36(40)35(44)34-32(51-41)20-31(48-38(34)46)26-8-7-17-43-21-26;1-2/h7-14,17-18,20-21,24,29-30,33,35-36,39,44H,15-16,19H2,1-6H3;1-2H3. The molecule has 10 heteroatoms. The topological polar surface area (TPSA) is 117 Å². The number of halogens is 1.